The number of hydrogen-bond acceptors (Lipinski definition) is 5. The summed E-state index contributed by atoms with van der Waals surface area (Å²) in [4.78, 5) is 11.2. The van der Waals surface area contributed by atoms with Gasteiger partial charge in [-0.3, -0.25) is 0 Å². The molecular formula is C8H15F2N3O2. The number of rotatable bonds is 6. The summed E-state index contributed by atoms with van der Waals surface area (Å²) >= 11 is 0. The second kappa shape index (κ2) is 6.99. The van der Waals surface area contributed by atoms with Gasteiger partial charge < -0.3 is 15.5 Å². The van der Waals surface area contributed by atoms with Gasteiger partial charge in [0.2, 0.25) is 6.43 Å². The molecule has 15 heavy (non-hydrogen) atoms. The van der Waals surface area contributed by atoms with E-state index < -0.39 is 18.8 Å². The third-order valence-corrected chi connectivity index (χ3v) is 1.54. The van der Waals surface area contributed by atoms with Crippen LogP contribution in [0.3, 0.4) is 0 Å². The van der Waals surface area contributed by atoms with Gasteiger partial charge in [0, 0.05) is 19.2 Å². The zero-order chi connectivity index (χ0) is 11.8. The smallest absolute Gasteiger partial charge is 0.357 e. The van der Waals surface area contributed by atoms with Crippen LogP contribution < -0.4 is 11.6 Å². The van der Waals surface area contributed by atoms with E-state index in [2.05, 4.69) is 4.74 Å². The summed E-state index contributed by atoms with van der Waals surface area (Å²) in [5, 5.41) is 0.851. The molecule has 7 heteroatoms. The number of esters is 1. The molecule has 0 radical (unpaired) electrons. The van der Waals surface area contributed by atoms with Gasteiger partial charge in [-0.05, 0) is 6.92 Å². The quantitative estimate of drug-likeness (QED) is 0.290. The highest BCUT2D eigenvalue weighted by molar-refractivity contribution is 5.87. The first-order valence-corrected chi connectivity index (χ1v) is 4.42. The van der Waals surface area contributed by atoms with E-state index in [1.54, 1.807) is 6.92 Å². The highest BCUT2D eigenvalue weighted by Gasteiger charge is 2.16. The highest BCUT2D eigenvalue weighted by atomic mass is 19.3. The lowest BCUT2D eigenvalue weighted by molar-refractivity contribution is -0.140. The van der Waals surface area contributed by atoms with Crippen LogP contribution in [0.5, 0.6) is 0 Å². The Balaban J connectivity index is 4.23. The number of carbonyl (C=O) groups is 1. The fourth-order valence-electron chi connectivity index (χ4n) is 0.843. The van der Waals surface area contributed by atoms with E-state index in [0.29, 0.717) is 0 Å². The van der Waals surface area contributed by atoms with Crippen LogP contribution in [0.15, 0.2) is 11.9 Å². The maximum atomic E-state index is 11.9. The predicted molar refractivity (Wildman–Crippen MR) is 50.4 cm³/mol. The van der Waals surface area contributed by atoms with E-state index in [0.717, 1.165) is 11.2 Å². The van der Waals surface area contributed by atoms with Gasteiger partial charge in [-0.25, -0.2) is 19.4 Å². The summed E-state index contributed by atoms with van der Waals surface area (Å²) in [5.41, 5.74) is 5.01. The topological polar surface area (TPSA) is 81.6 Å². The molecule has 0 aromatic heterocycles. The van der Waals surface area contributed by atoms with Crippen LogP contribution >= 0.6 is 0 Å². The molecule has 0 aliphatic heterocycles. The number of nitrogens with zero attached hydrogens (tertiary/aromatic N) is 1. The molecule has 0 aromatic carbocycles. The lowest BCUT2D eigenvalue weighted by Crippen LogP contribution is -2.36. The molecule has 0 aliphatic rings. The van der Waals surface area contributed by atoms with Gasteiger partial charge in [0.1, 0.15) is 0 Å². The Bertz CT molecular complexity index is 234. The SMILES string of the molecule is CCOC(=O)/C(=C/N)N(N)CCC(F)F. The molecule has 88 valence electrons. The fraction of sp³-hybridized carbons (Fsp3) is 0.625. The molecule has 0 aromatic rings. The Labute approximate surface area is 86.6 Å². The summed E-state index contributed by atoms with van der Waals surface area (Å²) in [6.07, 6.45) is -1.98. The number of alkyl halides is 2. The molecule has 0 saturated carbocycles. The van der Waals surface area contributed by atoms with Crippen LogP contribution in [0, 0.1) is 0 Å². The van der Waals surface area contributed by atoms with E-state index >= 15 is 0 Å². The van der Waals surface area contributed by atoms with Crippen molar-refractivity contribution in [3.8, 4) is 0 Å². The van der Waals surface area contributed by atoms with Crippen molar-refractivity contribution >= 4 is 5.97 Å². The Morgan fingerprint density at radius 2 is 2.20 bits per heavy atom. The van der Waals surface area contributed by atoms with E-state index in [1.165, 1.54) is 0 Å². The molecule has 0 bridgehead atoms. The number of halogens is 2. The molecule has 0 heterocycles. The minimum absolute atomic E-state index is 0.127. The number of carbonyl (C=O) groups excluding carboxylic acids is 1. The Kier molecular flexibility index (Phi) is 6.35. The van der Waals surface area contributed by atoms with Crippen molar-refractivity contribution in [1.29, 1.82) is 0 Å². The Morgan fingerprint density at radius 3 is 2.60 bits per heavy atom. The molecule has 0 atom stereocenters. The monoisotopic (exact) mass is 223 g/mol. The molecule has 0 fully saturated rings. The zero-order valence-electron chi connectivity index (χ0n) is 8.45. The van der Waals surface area contributed by atoms with Crippen molar-refractivity contribution < 1.29 is 18.3 Å². The van der Waals surface area contributed by atoms with E-state index in [1.807, 2.05) is 0 Å². The lowest BCUT2D eigenvalue weighted by Gasteiger charge is -2.19. The van der Waals surface area contributed by atoms with Crippen LogP contribution in [0.4, 0.5) is 8.78 Å². The minimum atomic E-state index is -2.47. The molecule has 0 spiro atoms. The second-order valence-corrected chi connectivity index (χ2v) is 2.65. The van der Waals surface area contributed by atoms with Crippen molar-refractivity contribution in [3.63, 3.8) is 0 Å². The number of ether oxygens (including phenoxy) is 1. The average molecular weight is 223 g/mol. The molecule has 0 unspecified atom stereocenters. The summed E-state index contributed by atoms with van der Waals surface area (Å²) in [5.74, 6) is 4.63. The molecule has 4 N–H and O–H groups in total. The van der Waals surface area contributed by atoms with Crippen molar-refractivity contribution in [3.05, 3.63) is 11.9 Å². The molecule has 0 amide bonds. The molecule has 0 rings (SSSR count). The molecular weight excluding hydrogens is 208 g/mol. The molecule has 0 aliphatic carbocycles. The van der Waals surface area contributed by atoms with Gasteiger partial charge in [-0.1, -0.05) is 0 Å². The first-order valence-electron chi connectivity index (χ1n) is 4.42. The summed E-state index contributed by atoms with van der Waals surface area (Å²) < 4.78 is 28.4. The summed E-state index contributed by atoms with van der Waals surface area (Å²) in [6, 6.07) is 0. The first-order chi connectivity index (χ1) is 7.02. The maximum absolute atomic E-state index is 11.9. The van der Waals surface area contributed by atoms with E-state index in [9.17, 15) is 13.6 Å². The van der Waals surface area contributed by atoms with Gasteiger partial charge >= 0.3 is 5.97 Å². The van der Waals surface area contributed by atoms with Crippen LogP contribution in [0.2, 0.25) is 0 Å². The third kappa shape index (κ3) is 5.16. The average Bonchev–Trinajstić information content (AvgIpc) is 2.16. The maximum Gasteiger partial charge on any atom is 0.357 e. The zero-order valence-corrected chi connectivity index (χ0v) is 8.45. The fourth-order valence-corrected chi connectivity index (χ4v) is 0.843. The van der Waals surface area contributed by atoms with Gasteiger partial charge in [0.25, 0.3) is 0 Å². The van der Waals surface area contributed by atoms with Crippen molar-refractivity contribution in [1.82, 2.24) is 5.01 Å². The molecule has 0 saturated heterocycles. The van der Waals surface area contributed by atoms with Gasteiger partial charge in [-0.2, -0.15) is 0 Å². The Morgan fingerprint density at radius 1 is 1.60 bits per heavy atom. The van der Waals surface area contributed by atoms with Gasteiger partial charge in [-0.15, -0.1) is 0 Å². The van der Waals surface area contributed by atoms with Crippen molar-refractivity contribution in [2.45, 2.75) is 19.8 Å². The minimum Gasteiger partial charge on any atom is -0.461 e. The standard InChI is InChI=1S/C8H15F2N3O2/c1-2-15-8(14)6(5-11)13(12)4-3-7(9)10/h5,7H,2-4,11-12H2,1H3/b6-5-. The van der Waals surface area contributed by atoms with Crippen LogP contribution in [0.25, 0.3) is 0 Å². The summed E-state index contributed by atoms with van der Waals surface area (Å²) in [7, 11) is 0. The number of nitrogens with two attached hydrogens (primary N) is 2. The normalized spacial score (nSPS) is 11.7. The van der Waals surface area contributed by atoms with E-state index in [4.69, 9.17) is 11.6 Å². The molecule has 5 nitrogen and oxygen atoms in total. The van der Waals surface area contributed by atoms with Crippen molar-refractivity contribution in [2.24, 2.45) is 11.6 Å². The van der Waals surface area contributed by atoms with Crippen LogP contribution in [-0.2, 0) is 9.53 Å². The number of hydrogen-bond donors (Lipinski definition) is 2. The summed E-state index contributed by atoms with van der Waals surface area (Å²) in [6.45, 7) is 1.62. The second-order valence-electron chi connectivity index (χ2n) is 2.65. The first kappa shape index (κ1) is 13.6. The third-order valence-electron chi connectivity index (χ3n) is 1.54. The van der Waals surface area contributed by atoms with E-state index in [-0.39, 0.29) is 18.8 Å². The Hall–Kier alpha value is -1.37. The predicted octanol–water partition coefficient (Wildman–Crippen LogP) is 0.180. The van der Waals surface area contributed by atoms with Gasteiger partial charge in [0.05, 0.1) is 6.61 Å². The van der Waals surface area contributed by atoms with Crippen LogP contribution in [-0.4, -0.2) is 30.6 Å². The number of hydrazine groups is 1. The lowest BCUT2D eigenvalue weighted by atomic mass is 10.4. The van der Waals surface area contributed by atoms with Crippen molar-refractivity contribution in [2.75, 3.05) is 13.2 Å². The largest absolute Gasteiger partial charge is 0.461 e. The highest BCUT2D eigenvalue weighted by Crippen LogP contribution is 2.05. The van der Waals surface area contributed by atoms with Gasteiger partial charge in [0.15, 0.2) is 5.70 Å². The van der Waals surface area contributed by atoms with Crippen LogP contribution in [0.1, 0.15) is 13.3 Å².